The van der Waals surface area contributed by atoms with Crippen LogP contribution in [0.3, 0.4) is 0 Å². The van der Waals surface area contributed by atoms with E-state index in [-0.39, 0.29) is 0 Å². The smallest absolute Gasteiger partial charge is 0.145 e. The minimum Gasteiger partial charge on any atom is -0.299 e. The number of hydrogen-bond donors (Lipinski definition) is 0. The van der Waals surface area contributed by atoms with E-state index in [1.807, 2.05) is 41.3 Å². The van der Waals surface area contributed by atoms with Crippen LogP contribution < -0.4 is 0 Å². The molecule has 8 aromatic rings. The molecular weight excluding hydrogens is 418 g/mol. The summed E-state index contributed by atoms with van der Waals surface area (Å²) in [6.07, 6.45) is 7.81. The maximum Gasteiger partial charge on any atom is 0.145 e. The molecule has 5 heterocycles. The fraction of sp³-hybridized carbons (Fsp3) is 0. The van der Waals surface area contributed by atoms with Crippen LogP contribution in [0.25, 0.3) is 67.7 Å². The van der Waals surface area contributed by atoms with Crippen LogP contribution in [-0.4, -0.2) is 14.4 Å². The van der Waals surface area contributed by atoms with Crippen LogP contribution >= 0.6 is 22.7 Å². The van der Waals surface area contributed by atoms with E-state index in [2.05, 4.69) is 75.2 Å². The predicted molar refractivity (Wildman–Crippen MR) is 134 cm³/mol. The van der Waals surface area contributed by atoms with E-state index in [1.165, 1.54) is 56.6 Å². The van der Waals surface area contributed by atoms with Gasteiger partial charge in [-0.05, 0) is 30.3 Å². The highest BCUT2D eigenvalue weighted by Crippen LogP contribution is 2.47. The van der Waals surface area contributed by atoms with Gasteiger partial charge in [-0.15, -0.1) is 22.7 Å². The van der Waals surface area contributed by atoms with Crippen molar-refractivity contribution in [3.8, 4) is 0 Å². The first kappa shape index (κ1) is 16.2. The van der Waals surface area contributed by atoms with E-state index in [1.54, 1.807) is 0 Å². The van der Waals surface area contributed by atoms with Crippen LogP contribution in [0, 0.1) is 0 Å². The van der Waals surface area contributed by atoms with Crippen molar-refractivity contribution in [2.24, 2.45) is 0 Å². The van der Waals surface area contributed by atoms with E-state index in [0.29, 0.717) is 0 Å². The summed E-state index contributed by atoms with van der Waals surface area (Å²) in [4.78, 5) is 9.14. The van der Waals surface area contributed by atoms with Gasteiger partial charge in [0.2, 0.25) is 0 Å². The zero-order chi connectivity index (χ0) is 20.1. The number of aromatic nitrogens is 3. The molecule has 0 aliphatic heterocycles. The molecule has 0 atom stereocenters. The summed E-state index contributed by atoms with van der Waals surface area (Å²) in [6.45, 7) is 0. The number of pyridine rings is 2. The standard InChI is InChI=1S/C26H13N3S2/c1-2-4-19-14(3-1)15-5-7-21-24(25(15)31-19)23-20(30-21)8-6-18-22(23)17-13-27-10-9-16(17)26-28-11-12-29(18)26/h1-13H. The molecule has 3 nitrogen and oxygen atoms in total. The van der Waals surface area contributed by atoms with Crippen molar-refractivity contribution >= 4 is 90.3 Å². The molecule has 0 N–H and O–H groups in total. The van der Waals surface area contributed by atoms with Crippen molar-refractivity contribution in [1.29, 1.82) is 0 Å². The first-order chi connectivity index (χ1) is 15.4. The van der Waals surface area contributed by atoms with Gasteiger partial charge >= 0.3 is 0 Å². The van der Waals surface area contributed by atoms with Gasteiger partial charge in [-0.25, -0.2) is 4.98 Å². The molecule has 31 heavy (non-hydrogen) atoms. The molecule has 0 unspecified atom stereocenters. The van der Waals surface area contributed by atoms with E-state index in [9.17, 15) is 0 Å². The van der Waals surface area contributed by atoms with Gasteiger partial charge in [-0.2, -0.15) is 0 Å². The Hall–Kier alpha value is -3.54. The number of thiophene rings is 2. The van der Waals surface area contributed by atoms with Crippen LogP contribution in [0.5, 0.6) is 0 Å². The summed E-state index contributed by atoms with van der Waals surface area (Å²) < 4.78 is 7.58. The maximum absolute atomic E-state index is 4.65. The van der Waals surface area contributed by atoms with Crippen LogP contribution in [0.4, 0.5) is 0 Å². The number of fused-ring (bicyclic) bond motifs is 14. The monoisotopic (exact) mass is 431 g/mol. The molecule has 5 aromatic heterocycles. The minimum absolute atomic E-state index is 0.982. The Kier molecular flexibility index (Phi) is 2.91. The van der Waals surface area contributed by atoms with Crippen molar-refractivity contribution in [2.75, 3.05) is 0 Å². The molecule has 0 fully saturated rings. The fourth-order valence-electron chi connectivity index (χ4n) is 5.08. The molecule has 0 spiro atoms. The molecule has 3 aromatic carbocycles. The number of nitrogens with zero attached hydrogens (tertiary/aromatic N) is 3. The molecular formula is C26H13N3S2. The summed E-state index contributed by atoms with van der Waals surface area (Å²) in [5.74, 6) is 0. The average molecular weight is 432 g/mol. The van der Waals surface area contributed by atoms with Gasteiger partial charge in [-0.1, -0.05) is 24.3 Å². The van der Waals surface area contributed by atoms with Crippen LogP contribution in [-0.2, 0) is 0 Å². The third kappa shape index (κ3) is 1.93. The van der Waals surface area contributed by atoms with E-state index < -0.39 is 0 Å². The molecule has 0 amide bonds. The van der Waals surface area contributed by atoms with Crippen molar-refractivity contribution in [3.05, 3.63) is 79.4 Å². The summed E-state index contributed by atoms with van der Waals surface area (Å²) in [6, 6.07) is 19.9. The zero-order valence-corrected chi connectivity index (χ0v) is 17.8. The Labute approximate surface area is 183 Å². The van der Waals surface area contributed by atoms with Crippen LogP contribution in [0.2, 0.25) is 0 Å². The molecule has 8 rings (SSSR count). The Morgan fingerprint density at radius 1 is 0.645 bits per heavy atom. The second-order valence-electron chi connectivity index (χ2n) is 7.89. The van der Waals surface area contributed by atoms with E-state index in [4.69, 9.17) is 0 Å². The number of hydrogen-bond acceptors (Lipinski definition) is 4. The highest BCUT2D eigenvalue weighted by atomic mass is 32.1. The van der Waals surface area contributed by atoms with Crippen molar-refractivity contribution in [2.45, 2.75) is 0 Å². The van der Waals surface area contributed by atoms with Crippen molar-refractivity contribution in [1.82, 2.24) is 14.4 Å². The molecule has 0 saturated carbocycles. The van der Waals surface area contributed by atoms with Crippen LogP contribution in [0.15, 0.2) is 79.4 Å². The summed E-state index contributed by atoms with van der Waals surface area (Å²) in [7, 11) is 0. The lowest BCUT2D eigenvalue weighted by Crippen LogP contribution is -1.91. The number of imidazole rings is 1. The van der Waals surface area contributed by atoms with E-state index >= 15 is 0 Å². The van der Waals surface area contributed by atoms with Crippen LogP contribution in [0.1, 0.15) is 0 Å². The molecule has 0 saturated heterocycles. The van der Waals surface area contributed by atoms with Crippen molar-refractivity contribution < 1.29 is 0 Å². The number of benzene rings is 3. The minimum atomic E-state index is 0.982. The SMILES string of the molecule is c1ccc2c(c1)sc1c2ccc2sc3ccc4c(c5cnccc5c5nccn45)c3c21. The third-order valence-electron chi connectivity index (χ3n) is 6.36. The quantitative estimate of drug-likeness (QED) is 0.230. The lowest BCUT2D eigenvalue weighted by Gasteiger charge is -2.09. The predicted octanol–water partition coefficient (Wildman–Crippen LogP) is 7.77. The Balaban J connectivity index is 1.75. The molecule has 0 aliphatic rings. The van der Waals surface area contributed by atoms with Gasteiger partial charge in [0.05, 0.1) is 5.52 Å². The van der Waals surface area contributed by atoms with Gasteiger partial charge in [-0.3, -0.25) is 9.38 Å². The molecule has 5 heteroatoms. The molecule has 144 valence electrons. The summed E-state index contributed by atoms with van der Waals surface area (Å²) >= 11 is 3.78. The second kappa shape index (κ2) is 5.58. The van der Waals surface area contributed by atoms with E-state index in [0.717, 1.165) is 11.0 Å². The second-order valence-corrected chi connectivity index (χ2v) is 10.0. The lowest BCUT2D eigenvalue weighted by atomic mass is 10.0. The van der Waals surface area contributed by atoms with Gasteiger partial charge < -0.3 is 0 Å². The van der Waals surface area contributed by atoms with Gasteiger partial charge in [0.15, 0.2) is 0 Å². The highest BCUT2D eigenvalue weighted by Gasteiger charge is 2.18. The van der Waals surface area contributed by atoms with Gasteiger partial charge in [0.1, 0.15) is 5.65 Å². The molecule has 0 aliphatic carbocycles. The van der Waals surface area contributed by atoms with Gasteiger partial charge in [0, 0.05) is 81.3 Å². The maximum atomic E-state index is 4.65. The average Bonchev–Trinajstić information content (AvgIpc) is 3.53. The third-order valence-corrected chi connectivity index (χ3v) is 8.68. The fourth-order valence-corrected chi connectivity index (χ4v) is 7.52. The van der Waals surface area contributed by atoms with Crippen molar-refractivity contribution in [3.63, 3.8) is 0 Å². The Morgan fingerprint density at radius 2 is 1.55 bits per heavy atom. The topological polar surface area (TPSA) is 30.2 Å². The highest BCUT2D eigenvalue weighted by molar-refractivity contribution is 7.30. The molecule has 0 bridgehead atoms. The lowest BCUT2D eigenvalue weighted by molar-refractivity contribution is 1.27. The molecule has 0 radical (unpaired) electrons. The Bertz CT molecular complexity index is 2010. The summed E-state index contributed by atoms with van der Waals surface area (Å²) in [5, 5.41) is 8.96. The normalized spacial score (nSPS) is 12.5. The number of rotatable bonds is 0. The first-order valence-corrected chi connectivity index (χ1v) is 11.8. The zero-order valence-electron chi connectivity index (χ0n) is 16.2. The first-order valence-electron chi connectivity index (χ1n) is 10.2. The summed E-state index contributed by atoms with van der Waals surface area (Å²) in [5.41, 5.74) is 2.16. The van der Waals surface area contributed by atoms with Gasteiger partial charge in [0.25, 0.3) is 0 Å². The largest absolute Gasteiger partial charge is 0.299 e. The Morgan fingerprint density at radius 3 is 2.55 bits per heavy atom.